The summed E-state index contributed by atoms with van der Waals surface area (Å²) in [6.07, 6.45) is 0. The van der Waals surface area contributed by atoms with Crippen LogP contribution in [0.4, 0.5) is 10.5 Å². The second-order valence-corrected chi connectivity index (χ2v) is 5.19. The van der Waals surface area contributed by atoms with Crippen LogP contribution in [0.1, 0.15) is 29.1 Å². The number of nitrogens with one attached hydrogen (secondary N) is 2. The summed E-state index contributed by atoms with van der Waals surface area (Å²) in [6.45, 7) is 1.85. The number of nitrogens with two attached hydrogens (primary N) is 1. The third kappa shape index (κ3) is 4.09. The fourth-order valence-corrected chi connectivity index (χ4v) is 2.09. The maximum atomic E-state index is 12.0. The highest BCUT2D eigenvalue weighted by Gasteiger charge is 2.14. The fraction of sp³-hybridized carbons (Fsp3) is 0.143. The summed E-state index contributed by atoms with van der Waals surface area (Å²) >= 11 is 3.15. The van der Waals surface area contributed by atoms with Gasteiger partial charge in [0.05, 0.1) is 6.04 Å². The second kappa shape index (κ2) is 6.45. The van der Waals surface area contributed by atoms with Crippen molar-refractivity contribution in [1.82, 2.24) is 5.32 Å². The van der Waals surface area contributed by atoms with E-state index in [4.69, 9.17) is 10.2 Å². The lowest BCUT2D eigenvalue weighted by atomic mass is 10.1. The summed E-state index contributed by atoms with van der Waals surface area (Å²) in [5.41, 5.74) is 6.52. The van der Waals surface area contributed by atoms with E-state index < -0.39 is 6.03 Å². The van der Waals surface area contributed by atoms with Crippen molar-refractivity contribution in [1.29, 1.82) is 0 Å². The lowest BCUT2D eigenvalue weighted by molar-refractivity contribution is 0.0910. The number of carbonyl (C=O) groups is 2. The highest BCUT2D eigenvalue weighted by Crippen LogP contribution is 2.18. The molecule has 7 heteroatoms. The monoisotopic (exact) mass is 351 g/mol. The molecule has 4 N–H and O–H groups in total. The average Bonchev–Trinajstić information content (AvgIpc) is 2.85. The molecule has 1 atom stereocenters. The molecule has 0 bridgehead atoms. The van der Waals surface area contributed by atoms with Crippen LogP contribution >= 0.6 is 15.9 Å². The summed E-state index contributed by atoms with van der Waals surface area (Å²) in [5, 5.41) is 5.29. The number of anilines is 1. The van der Waals surface area contributed by atoms with Crippen LogP contribution in [0.2, 0.25) is 0 Å². The largest absolute Gasteiger partial charge is 0.444 e. The van der Waals surface area contributed by atoms with Gasteiger partial charge in [-0.15, -0.1) is 0 Å². The standard InChI is InChI=1S/C14H14BrN3O3/c1-8(17-13(19)11-6-7-12(15)21-11)9-2-4-10(5-3-9)18-14(16)20/h2-8H,1H3,(H,17,19)(H3,16,18,20). The zero-order valence-corrected chi connectivity index (χ0v) is 12.8. The van der Waals surface area contributed by atoms with Crippen molar-refractivity contribution in [2.75, 3.05) is 5.32 Å². The molecule has 2 aromatic rings. The SMILES string of the molecule is CC(NC(=O)c1ccc(Br)o1)c1ccc(NC(N)=O)cc1. The number of carbonyl (C=O) groups excluding carboxylic acids is 2. The normalized spacial score (nSPS) is 11.7. The summed E-state index contributed by atoms with van der Waals surface area (Å²) < 4.78 is 5.69. The predicted octanol–water partition coefficient (Wildman–Crippen LogP) is 3.02. The molecule has 6 nitrogen and oxygen atoms in total. The van der Waals surface area contributed by atoms with E-state index in [0.29, 0.717) is 10.4 Å². The van der Waals surface area contributed by atoms with Crippen molar-refractivity contribution >= 4 is 33.6 Å². The van der Waals surface area contributed by atoms with Crippen molar-refractivity contribution in [2.45, 2.75) is 13.0 Å². The van der Waals surface area contributed by atoms with E-state index >= 15 is 0 Å². The minimum atomic E-state index is -0.618. The van der Waals surface area contributed by atoms with E-state index in [0.717, 1.165) is 5.56 Å². The zero-order chi connectivity index (χ0) is 15.4. The number of hydrogen-bond acceptors (Lipinski definition) is 3. The van der Waals surface area contributed by atoms with Crippen molar-refractivity contribution in [3.63, 3.8) is 0 Å². The van der Waals surface area contributed by atoms with Gasteiger partial charge in [-0.3, -0.25) is 4.79 Å². The Morgan fingerprint density at radius 2 is 1.86 bits per heavy atom. The maximum Gasteiger partial charge on any atom is 0.316 e. The second-order valence-electron chi connectivity index (χ2n) is 4.41. The van der Waals surface area contributed by atoms with Gasteiger partial charge in [0.15, 0.2) is 10.4 Å². The van der Waals surface area contributed by atoms with Gasteiger partial charge in [-0.1, -0.05) is 12.1 Å². The van der Waals surface area contributed by atoms with Gasteiger partial charge in [0.25, 0.3) is 5.91 Å². The first-order valence-electron chi connectivity index (χ1n) is 6.18. The Labute approximate surface area is 129 Å². The first kappa shape index (κ1) is 15.1. The van der Waals surface area contributed by atoms with Crippen molar-refractivity contribution in [2.24, 2.45) is 5.73 Å². The van der Waals surface area contributed by atoms with Crippen LogP contribution in [0.25, 0.3) is 0 Å². The number of hydrogen-bond donors (Lipinski definition) is 3. The minimum Gasteiger partial charge on any atom is -0.444 e. The van der Waals surface area contributed by atoms with Crippen LogP contribution in [0.3, 0.4) is 0 Å². The van der Waals surface area contributed by atoms with Crippen molar-refractivity contribution in [3.8, 4) is 0 Å². The average molecular weight is 352 g/mol. The Bertz CT molecular complexity index is 652. The topological polar surface area (TPSA) is 97.4 Å². The summed E-state index contributed by atoms with van der Waals surface area (Å²) in [6, 6.07) is 9.45. The van der Waals surface area contributed by atoms with Crippen molar-refractivity contribution in [3.05, 3.63) is 52.4 Å². The van der Waals surface area contributed by atoms with Gasteiger partial charge < -0.3 is 20.8 Å². The number of furan rings is 1. The van der Waals surface area contributed by atoms with Gasteiger partial charge in [-0.2, -0.15) is 0 Å². The molecular weight excluding hydrogens is 338 g/mol. The number of benzene rings is 1. The third-order valence-electron chi connectivity index (χ3n) is 2.82. The van der Waals surface area contributed by atoms with E-state index in [1.165, 1.54) is 0 Å². The molecule has 110 valence electrons. The van der Waals surface area contributed by atoms with E-state index in [1.807, 2.05) is 6.92 Å². The number of amides is 3. The molecule has 0 aliphatic rings. The van der Waals surface area contributed by atoms with Crippen LogP contribution in [0.5, 0.6) is 0 Å². The molecule has 21 heavy (non-hydrogen) atoms. The highest BCUT2D eigenvalue weighted by molar-refractivity contribution is 9.10. The Hall–Kier alpha value is -2.28. The van der Waals surface area contributed by atoms with Gasteiger partial charge >= 0.3 is 6.03 Å². The molecule has 0 spiro atoms. The van der Waals surface area contributed by atoms with Crippen molar-refractivity contribution < 1.29 is 14.0 Å². The Morgan fingerprint density at radius 3 is 2.38 bits per heavy atom. The molecule has 0 radical (unpaired) electrons. The Kier molecular flexibility index (Phi) is 4.64. The number of urea groups is 1. The molecule has 0 fully saturated rings. The van der Waals surface area contributed by atoms with Crippen LogP contribution in [-0.2, 0) is 0 Å². The fourth-order valence-electron chi connectivity index (χ4n) is 1.78. The molecule has 1 unspecified atom stereocenters. The van der Waals surface area contributed by atoms with E-state index in [-0.39, 0.29) is 17.7 Å². The lowest BCUT2D eigenvalue weighted by Gasteiger charge is -2.14. The molecule has 0 aliphatic heterocycles. The molecule has 0 aliphatic carbocycles. The third-order valence-corrected chi connectivity index (χ3v) is 3.25. The quantitative estimate of drug-likeness (QED) is 0.789. The molecule has 1 heterocycles. The smallest absolute Gasteiger partial charge is 0.316 e. The highest BCUT2D eigenvalue weighted by atomic mass is 79.9. The maximum absolute atomic E-state index is 12.0. The van der Waals surface area contributed by atoms with E-state index in [1.54, 1.807) is 36.4 Å². The molecular formula is C14H14BrN3O3. The van der Waals surface area contributed by atoms with Gasteiger partial charge in [-0.25, -0.2) is 4.79 Å². The first-order valence-corrected chi connectivity index (χ1v) is 6.97. The molecule has 1 aromatic heterocycles. The molecule has 0 saturated heterocycles. The minimum absolute atomic E-state index is 0.205. The summed E-state index contributed by atoms with van der Waals surface area (Å²) in [4.78, 5) is 22.7. The summed E-state index contributed by atoms with van der Waals surface area (Å²) in [7, 11) is 0. The van der Waals surface area contributed by atoms with Crippen LogP contribution in [-0.4, -0.2) is 11.9 Å². The van der Waals surface area contributed by atoms with Crippen LogP contribution in [0, 0.1) is 0 Å². The van der Waals surface area contributed by atoms with Gasteiger partial charge in [-0.05, 0) is 52.7 Å². The van der Waals surface area contributed by atoms with Gasteiger partial charge in [0, 0.05) is 5.69 Å². The number of halogens is 1. The Morgan fingerprint density at radius 1 is 1.19 bits per heavy atom. The molecule has 2 rings (SSSR count). The lowest BCUT2D eigenvalue weighted by Crippen LogP contribution is -2.26. The van der Waals surface area contributed by atoms with Crippen LogP contribution in [0.15, 0.2) is 45.5 Å². The van der Waals surface area contributed by atoms with Gasteiger partial charge in [0.1, 0.15) is 0 Å². The molecule has 0 saturated carbocycles. The van der Waals surface area contributed by atoms with E-state index in [9.17, 15) is 9.59 Å². The molecule has 3 amide bonds. The van der Waals surface area contributed by atoms with Crippen LogP contribution < -0.4 is 16.4 Å². The number of rotatable bonds is 4. The summed E-state index contributed by atoms with van der Waals surface area (Å²) in [5.74, 6) is -0.0618. The van der Waals surface area contributed by atoms with Gasteiger partial charge in [0.2, 0.25) is 0 Å². The predicted molar refractivity (Wildman–Crippen MR) is 81.9 cm³/mol. The Balaban J connectivity index is 2.01. The zero-order valence-electron chi connectivity index (χ0n) is 11.2. The first-order chi connectivity index (χ1) is 9.95. The molecule has 1 aromatic carbocycles. The van der Waals surface area contributed by atoms with E-state index in [2.05, 4.69) is 26.6 Å². The number of primary amides is 1.